The second-order valence-corrected chi connectivity index (χ2v) is 1.45. The average Bonchev–Trinajstić information content (AvgIpc) is 2.30. The Morgan fingerprint density at radius 1 is 1.50 bits per heavy atom. The molecular formula is C4H6N2O4. The van der Waals surface area contributed by atoms with Crippen molar-refractivity contribution in [1.29, 1.82) is 0 Å². The minimum Gasteiger partial charge on any atom is -0.457 e. The molecule has 1 rings (SSSR count). The van der Waals surface area contributed by atoms with E-state index in [0.29, 0.717) is 0 Å². The summed E-state index contributed by atoms with van der Waals surface area (Å²) in [5.41, 5.74) is 0. The van der Waals surface area contributed by atoms with Crippen molar-refractivity contribution in [2.45, 2.75) is 0 Å². The second kappa shape index (κ2) is 2.42. The third-order valence-electron chi connectivity index (χ3n) is 0.933. The summed E-state index contributed by atoms with van der Waals surface area (Å²) in [4.78, 5) is 0.124. The number of hydrogen-bond acceptors (Lipinski definition) is 5. The molecule has 56 valence electrons. The molecule has 0 fully saturated rings. The van der Waals surface area contributed by atoms with E-state index in [4.69, 9.17) is 0 Å². The minimum absolute atomic E-state index is 0.0394. The fourth-order valence-electron chi connectivity index (χ4n) is 0.515. The first-order chi connectivity index (χ1) is 4.79. The summed E-state index contributed by atoms with van der Waals surface area (Å²) in [6.07, 6.45) is 0. The van der Waals surface area contributed by atoms with Gasteiger partial charge in [0, 0.05) is 4.90 Å². The molecule has 0 aliphatic carbocycles. The largest absolute Gasteiger partial charge is 0.457 e. The smallest absolute Gasteiger partial charge is 0.440 e. The molecule has 0 aliphatic heterocycles. The van der Waals surface area contributed by atoms with Gasteiger partial charge in [0.25, 0.3) is 0 Å². The number of hydrogen-bond donors (Lipinski definition) is 0. The van der Waals surface area contributed by atoms with E-state index in [-0.39, 0.29) is 16.7 Å². The molecule has 6 heteroatoms. The molecule has 6 nitrogen and oxygen atoms in total. The van der Waals surface area contributed by atoms with Gasteiger partial charge in [-0.1, -0.05) is 0 Å². The number of nitrogens with zero attached hydrogens (tertiary/aromatic N) is 2. The highest BCUT2D eigenvalue weighted by molar-refractivity contribution is 5.16. The van der Waals surface area contributed by atoms with Crippen molar-refractivity contribution in [3.05, 3.63) is 5.21 Å². The average molecular weight is 146 g/mol. The molecular weight excluding hydrogens is 140 g/mol. The molecule has 0 aromatic carbocycles. The normalized spacial score (nSPS) is 9.40. The summed E-state index contributed by atoms with van der Waals surface area (Å²) in [6.45, 7) is 0. The van der Waals surface area contributed by atoms with Crippen LogP contribution in [0.3, 0.4) is 0 Å². The van der Waals surface area contributed by atoms with Crippen LogP contribution in [0, 0.1) is 5.21 Å². The Hall–Kier alpha value is -1.46. The highest BCUT2D eigenvalue weighted by Gasteiger charge is 2.19. The van der Waals surface area contributed by atoms with Crippen LogP contribution >= 0.6 is 0 Å². The molecule has 0 saturated carbocycles. The van der Waals surface area contributed by atoms with Gasteiger partial charge in [0.05, 0.1) is 19.4 Å². The zero-order valence-electron chi connectivity index (χ0n) is 5.53. The number of ether oxygens (including phenoxy) is 2. The maximum Gasteiger partial charge on any atom is 0.440 e. The monoisotopic (exact) mass is 146 g/mol. The highest BCUT2D eigenvalue weighted by Crippen LogP contribution is 2.17. The van der Waals surface area contributed by atoms with Gasteiger partial charge in [-0.25, -0.2) is 4.63 Å². The van der Waals surface area contributed by atoms with Crippen LogP contribution in [0.5, 0.6) is 11.8 Å². The first kappa shape index (κ1) is 6.66. The van der Waals surface area contributed by atoms with E-state index in [9.17, 15) is 5.21 Å². The van der Waals surface area contributed by atoms with Crippen molar-refractivity contribution >= 4 is 0 Å². The summed E-state index contributed by atoms with van der Waals surface area (Å²) in [6, 6.07) is 0. The van der Waals surface area contributed by atoms with Gasteiger partial charge >= 0.3 is 11.8 Å². The van der Waals surface area contributed by atoms with Gasteiger partial charge in [-0.2, -0.15) is 0 Å². The summed E-state index contributed by atoms with van der Waals surface area (Å²) in [5.74, 6) is -0.0417. The lowest BCUT2D eigenvalue weighted by Gasteiger charge is -1.91. The van der Waals surface area contributed by atoms with Crippen molar-refractivity contribution < 1.29 is 19.0 Å². The summed E-state index contributed by atoms with van der Waals surface area (Å²) >= 11 is 0. The SMILES string of the molecule is COc1no[n+]([O-])c1OC. The van der Waals surface area contributed by atoms with E-state index >= 15 is 0 Å². The Morgan fingerprint density at radius 3 is 2.60 bits per heavy atom. The first-order valence-electron chi connectivity index (χ1n) is 2.47. The molecule has 1 aromatic rings. The van der Waals surface area contributed by atoms with Crippen molar-refractivity contribution in [2.75, 3.05) is 14.2 Å². The van der Waals surface area contributed by atoms with Crippen LogP contribution in [0.2, 0.25) is 0 Å². The quantitative estimate of drug-likeness (QED) is 0.517. The molecule has 0 unspecified atom stereocenters. The van der Waals surface area contributed by atoms with Crippen LogP contribution in [0.15, 0.2) is 4.63 Å². The molecule has 0 bridgehead atoms. The van der Waals surface area contributed by atoms with Crippen molar-refractivity contribution in [3.8, 4) is 11.8 Å². The zero-order chi connectivity index (χ0) is 7.56. The van der Waals surface area contributed by atoms with E-state index in [2.05, 4.69) is 19.3 Å². The fourth-order valence-corrected chi connectivity index (χ4v) is 0.515. The van der Waals surface area contributed by atoms with Gasteiger partial charge < -0.3 is 14.7 Å². The first-order valence-corrected chi connectivity index (χ1v) is 2.47. The Kier molecular flexibility index (Phi) is 1.61. The third kappa shape index (κ3) is 0.831. The standard InChI is InChI=1S/C4H6N2O4/c1-8-3-4(9-2)6(7)10-5-3/h1-2H3. The second-order valence-electron chi connectivity index (χ2n) is 1.45. The van der Waals surface area contributed by atoms with Gasteiger partial charge in [-0.3, -0.25) is 0 Å². The molecule has 0 atom stereocenters. The Morgan fingerprint density at radius 2 is 2.20 bits per heavy atom. The van der Waals surface area contributed by atoms with E-state index in [1.807, 2.05) is 0 Å². The number of aromatic nitrogens is 2. The van der Waals surface area contributed by atoms with Gasteiger partial charge in [0.1, 0.15) is 0 Å². The fraction of sp³-hybridized carbons (Fsp3) is 0.500. The molecule has 10 heavy (non-hydrogen) atoms. The predicted octanol–water partition coefficient (Wildman–Crippen LogP) is -0.675. The molecule has 0 N–H and O–H groups in total. The summed E-state index contributed by atoms with van der Waals surface area (Å²) < 4.78 is 13.3. The lowest BCUT2D eigenvalue weighted by Crippen LogP contribution is -2.24. The predicted molar refractivity (Wildman–Crippen MR) is 28.6 cm³/mol. The molecule has 0 aliphatic rings. The molecule has 0 amide bonds. The maximum absolute atomic E-state index is 10.5. The molecule has 0 saturated heterocycles. The van der Waals surface area contributed by atoms with Crippen LogP contribution < -0.4 is 14.4 Å². The molecule has 0 radical (unpaired) electrons. The molecule has 1 heterocycles. The Balaban J connectivity index is 3.01. The number of rotatable bonds is 2. The maximum atomic E-state index is 10.5. The van der Waals surface area contributed by atoms with Crippen LogP contribution in [0.4, 0.5) is 0 Å². The topological polar surface area (TPSA) is 71.4 Å². The van der Waals surface area contributed by atoms with E-state index in [1.165, 1.54) is 14.2 Å². The van der Waals surface area contributed by atoms with Gasteiger partial charge in [-0.15, -0.1) is 0 Å². The van der Waals surface area contributed by atoms with Gasteiger partial charge in [0.15, 0.2) is 0 Å². The van der Waals surface area contributed by atoms with Crippen LogP contribution in [-0.4, -0.2) is 19.4 Å². The molecule has 1 aromatic heterocycles. The van der Waals surface area contributed by atoms with Crippen LogP contribution in [-0.2, 0) is 0 Å². The van der Waals surface area contributed by atoms with Gasteiger partial charge in [-0.05, 0) is 0 Å². The number of methoxy groups -OCH3 is 2. The van der Waals surface area contributed by atoms with Crippen molar-refractivity contribution in [2.24, 2.45) is 0 Å². The summed E-state index contributed by atoms with van der Waals surface area (Å²) in [7, 11) is 2.68. The van der Waals surface area contributed by atoms with E-state index in [0.717, 1.165) is 0 Å². The van der Waals surface area contributed by atoms with Gasteiger partial charge in [0.2, 0.25) is 0 Å². The molecule has 0 spiro atoms. The van der Waals surface area contributed by atoms with Crippen molar-refractivity contribution in [1.82, 2.24) is 5.16 Å². The summed E-state index contributed by atoms with van der Waals surface area (Å²) in [5, 5.41) is 13.7. The lowest BCUT2D eigenvalue weighted by atomic mass is 10.8. The zero-order valence-corrected chi connectivity index (χ0v) is 5.53. The Bertz CT molecular complexity index is 221. The van der Waals surface area contributed by atoms with E-state index in [1.54, 1.807) is 0 Å². The van der Waals surface area contributed by atoms with Crippen LogP contribution in [0.1, 0.15) is 0 Å². The lowest BCUT2D eigenvalue weighted by molar-refractivity contribution is -0.804. The van der Waals surface area contributed by atoms with Crippen molar-refractivity contribution in [3.63, 3.8) is 0 Å². The third-order valence-corrected chi connectivity index (χ3v) is 0.933. The highest BCUT2D eigenvalue weighted by atomic mass is 16.8. The van der Waals surface area contributed by atoms with Crippen LogP contribution in [0.25, 0.3) is 0 Å². The Labute approximate surface area is 56.5 Å². The van der Waals surface area contributed by atoms with E-state index < -0.39 is 0 Å². The minimum atomic E-state index is -0.0810.